The minimum absolute atomic E-state index is 0.181. The topological polar surface area (TPSA) is 100 Å². The van der Waals surface area contributed by atoms with E-state index in [4.69, 9.17) is 9.47 Å². The maximum atomic E-state index is 13.3. The van der Waals surface area contributed by atoms with E-state index in [0.29, 0.717) is 41.1 Å². The fraction of sp³-hybridized carbons (Fsp3) is 0.308. The van der Waals surface area contributed by atoms with Crippen LogP contribution in [0.1, 0.15) is 22.4 Å². The van der Waals surface area contributed by atoms with E-state index in [1.807, 2.05) is 50.2 Å². The van der Waals surface area contributed by atoms with E-state index < -0.39 is 0 Å². The third-order valence-electron chi connectivity index (χ3n) is 5.92. The van der Waals surface area contributed by atoms with Gasteiger partial charge >= 0.3 is 0 Å². The molecule has 182 valence electrons. The lowest BCUT2D eigenvalue weighted by molar-refractivity contribution is -0.121. The van der Waals surface area contributed by atoms with Gasteiger partial charge in [-0.2, -0.15) is 10.2 Å². The van der Waals surface area contributed by atoms with Crippen molar-refractivity contribution in [3.05, 3.63) is 75.3 Å². The average Bonchev–Trinajstić information content (AvgIpc) is 3.28. The lowest BCUT2D eigenvalue weighted by Gasteiger charge is -2.11. The second-order valence-electron chi connectivity index (χ2n) is 8.45. The summed E-state index contributed by atoms with van der Waals surface area (Å²) < 4.78 is 13.4. The van der Waals surface area contributed by atoms with Gasteiger partial charge in [-0.25, -0.2) is 9.36 Å². The summed E-state index contributed by atoms with van der Waals surface area (Å²) in [7, 11) is 3.17. The fourth-order valence-corrected chi connectivity index (χ4v) is 4.13. The first kappa shape index (κ1) is 24.0. The summed E-state index contributed by atoms with van der Waals surface area (Å²) in [5.74, 6) is 0.990. The molecular weight excluding hydrogens is 446 g/mol. The van der Waals surface area contributed by atoms with Crippen molar-refractivity contribution in [3.8, 4) is 17.2 Å². The molecule has 0 fully saturated rings. The van der Waals surface area contributed by atoms with Crippen LogP contribution in [-0.2, 0) is 17.8 Å². The molecule has 9 nitrogen and oxygen atoms in total. The monoisotopic (exact) mass is 475 g/mol. The highest BCUT2D eigenvalue weighted by Gasteiger charge is 2.17. The first-order valence-corrected chi connectivity index (χ1v) is 11.3. The minimum atomic E-state index is -0.363. The number of carbonyl (C=O) groups is 1. The number of nitrogens with zero attached hydrogens (tertiary/aromatic N) is 4. The molecule has 0 bridgehead atoms. The highest BCUT2D eigenvalue weighted by atomic mass is 16.5. The Morgan fingerprint density at radius 1 is 1.03 bits per heavy atom. The number of aromatic nitrogens is 4. The Balaban J connectivity index is 1.52. The van der Waals surface area contributed by atoms with Gasteiger partial charge in [0.25, 0.3) is 5.56 Å². The molecule has 0 spiro atoms. The Morgan fingerprint density at radius 2 is 1.80 bits per heavy atom. The number of benzene rings is 2. The van der Waals surface area contributed by atoms with Crippen molar-refractivity contribution in [2.75, 3.05) is 20.8 Å². The first-order chi connectivity index (χ1) is 16.8. The smallest absolute Gasteiger partial charge is 0.293 e. The molecule has 1 amide bonds. The standard InChI is InChI=1S/C26H29N5O4/c1-16-6-8-21(17(2)12-16)31-25-20(14-28-31)18(3)29-30(26(25)33)15-24(32)27-11-10-19-7-9-22(34-4)23(13-19)35-5/h6-9,12-14H,10-11,15H2,1-5H3,(H,27,32). The van der Waals surface area contributed by atoms with Crippen LogP contribution < -0.4 is 20.3 Å². The minimum Gasteiger partial charge on any atom is -0.493 e. The van der Waals surface area contributed by atoms with Crippen LogP contribution in [0.3, 0.4) is 0 Å². The number of methoxy groups -OCH3 is 2. The summed E-state index contributed by atoms with van der Waals surface area (Å²) in [6, 6.07) is 11.6. The van der Waals surface area contributed by atoms with Gasteiger partial charge in [-0.3, -0.25) is 9.59 Å². The molecule has 0 unspecified atom stereocenters. The van der Waals surface area contributed by atoms with Gasteiger partial charge in [0.2, 0.25) is 5.91 Å². The van der Waals surface area contributed by atoms with Crippen LogP contribution in [0.15, 0.2) is 47.4 Å². The Bertz CT molecular complexity index is 1450. The highest BCUT2D eigenvalue weighted by molar-refractivity contribution is 5.82. The molecule has 0 aliphatic heterocycles. The zero-order chi connectivity index (χ0) is 25.1. The van der Waals surface area contributed by atoms with Gasteiger partial charge in [-0.05, 0) is 56.5 Å². The first-order valence-electron chi connectivity index (χ1n) is 11.3. The van der Waals surface area contributed by atoms with Gasteiger partial charge in [0.15, 0.2) is 11.5 Å². The third-order valence-corrected chi connectivity index (χ3v) is 5.92. The predicted octanol–water partition coefficient (Wildman–Crippen LogP) is 2.88. The van der Waals surface area contributed by atoms with E-state index in [2.05, 4.69) is 15.5 Å². The van der Waals surface area contributed by atoms with Gasteiger partial charge in [-0.1, -0.05) is 23.8 Å². The second kappa shape index (κ2) is 10.0. The summed E-state index contributed by atoms with van der Waals surface area (Å²) in [6.45, 7) is 6.03. The maximum Gasteiger partial charge on any atom is 0.293 e. The van der Waals surface area contributed by atoms with Gasteiger partial charge in [0.1, 0.15) is 12.1 Å². The second-order valence-corrected chi connectivity index (χ2v) is 8.45. The van der Waals surface area contributed by atoms with Gasteiger partial charge in [0.05, 0.1) is 31.8 Å². The molecule has 0 radical (unpaired) electrons. The lowest BCUT2D eigenvalue weighted by Crippen LogP contribution is -2.35. The van der Waals surface area contributed by atoms with Gasteiger partial charge in [0, 0.05) is 11.9 Å². The van der Waals surface area contributed by atoms with Crippen molar-refractivity contribution < 1.29 is 14.3 Å². The van der Waals surface area contributed by atoms with Gasteiger partial charge < -0.3 is 14.8 Å². The van der Waals surface area contributed by atoms with Crippen LogP contribution in [0.25, 0.3) is 16.6 Å². The Morgan fingerprint density at radius 3 is 2.51 bits per heavy atom. The van der Waals surface area contributed by atoms with E-state index in [-0.39, 0.29) is 18.0 Å². The number of hydrogen-bond donors (Lipinski definition) is 1. The molecule has 9 heteroatoms. The molecule has 4 aromatic rings. The highest BCUT2D eigenvalue weighted by Crippen LogP contribution is 2.27. The number of ether oxygens (including phenoxy) is 2. The Hall–Kier alpha value is -4.14. The molecule has 1 N–H and O–H groups in total. The normalized spacial score (nSPS) is 11.0. The molecule has 0 atom stereocenters. The SMILES string of the molecule is COc1ccc(CCNC(=O)Cn2nc(C)c3cnn(-c4ccc(C)cc4C)c3c2=O)cc1OC. The van der Waals surface area contributed by atoms with E-state index in [9.17, 15) is 9.59 Å². The van der Waals surface area contributed by atoms with Crippen molar-refractivity contribution in [3.63, 3.8) is 0 Å². The van der Waals surface area contributed by atoms with Crippen molar-refractivity contribution in [2.45, 2.75) is 33.7 Å². The van der Waals surface area contributed by atoms with Gasteiger partial charge in [-0.15, -0.1) is 0 Å². The Labute approximate surface area is 203 Å². The van der Waals surface area contributed by atoms with E-state index >= 15 is 0 Å². The molecule has 0 aliphatic carbocycles. The number of aryl methyl sites for hydroxylation is 3. The van der Waals surface area contributed by atoms with Crippen LogP contribution >= 0.6 is 0 Å². The number of hydrogen-bond acceptors (Lipinski definition) is 6. The summed E-state index contributed by atoms with van der Waals surface area (Å²) >= 11 is 0. The molecule has 2 heterocycles. The van der Waals surface area contributed by atoms with Crippen molar-refractivity contribution in [1.29, 1.82) is 0 Å². The molecule has 0 saturated carbocycles. The fourth-order valence-electron chi connectivity index (χ4n) is 4.13. The van der Waals surface area contributed by atoms with Crippen molar-refractivity contribution in [2.24, 2.45) is 0 Å². The quantitative estimate of drug-likeness (QED) is 0.421. The van der Waals surface area contributed by atoms with Crippen LogP contribution in [0.2, 0.25) is 0 Å². The summed E-state index contributed by atoms with van der Waals surface area (Å²) in [5.41, 5.74) is 4.62. The maximum absolute atomic E-state index is 13.3. The molecule has 0 saturated heterocycles. The van der Waals surface area contributed by atoms with E-state index in [1.54, 1.807) is 32.0 Å². The molecule has 2 aromatic carbocycles. The van der Waals surface area contributed by atoms with Crippen LogP contribution in [0.5, 0.6) is 11.5 Å². The lowest BCUT2D eigenvalue weighted by atomic mass is 10.1. The van der Waals surface area contributed by atoms with Crippen LogP contribution in [0.4, 0.5) is 0 Å². The average molecular weight is 476 g/mol. The summed E-state index contributed by atoms with van der Waals surface area (Å²) in [4.78, 5) is 25.9. The largest absolute Gasteiger partial charge is 0.493 e. The third kappa shape index (κ3) is 4.89. The molecule has 0 aliphatic rings. The molecule has 35 heavy (non-hydrogen) atoms. The van der Waals surface area contributed by atoms with E-state index in [1.165, 1.54) is 4.68 Å². The zero-order valence-electron chi connectivity index (χ0n) is 20.6. The predicted molar refractivity (Wildman–Crippen MR) is 134 cm³/mol. The number of rotatable bonds is 8. The zero-order valence-corrected chi connectivity index (χ0v) is 20.6. The number of amides is 1. The van der Waals surface area contributed by atoms with Crippen LogP contribution in [-0.4, -0.2) is 46.2 Å². The summed E-state index contributed by atoms with van der Waals surface area (Å²) in [5, 5.41) is 12.3. The Kier molecular flexibility index (Phi) is 6.86. The van der Waals surface area contributed by atoms with Crippen molar-refractivity contribution in [1.82, 2.24) is 24.9 Å². The number of nitrogens with one attached hydrogen (secondary N) is 1. The van der Waals surface area contributed by atoms with E-state index in [0.717, 1.165) is 22.4 Å². The van der Waals surface area contributed by atoms with Crippen LogP contribution in [0, 0.1) is 20.8 Å². The molecule has 4 rings (SSSR count). The molecular formula is C26H29N5O4. The molecule has 2 aromatic heterocycles. The summed E-state index contributed by atoms with van der Waals surface area (Å²) in [6.07, 6.45) is 2.25. The number of carbonyl (C=O) groups excluding carboxylic acids is 1. The van der Waals surface area contributed by atoms with Crippen molar-refractivity contribution >= 4 is 16.8 Å². The number of fused-ring (bicyclic) bond motifs is 1.